The molecule has 0 heterocycles. The fourth-order valence-corrected chi connectivity index (χ4v) is 3.47. The SMILES string of the molecule is C=CC(C)(c1ccc(Cl)cc1)C(C)Cc1ccc(F)c(Oc2ccccc2)c1. The molecule has 0 amide bonds. The van der Waals surface area contributed by atoms with E-state index in [9.17, 15) is 4.39 Å². The number of para-hydroxylation sites is 1. The second-order valence-electron chi connectivity index (χ2n) is 7.28. The van der Waals surface area contributed by atoms with Gasteiger partial charge in [-0.2, -0.15) is 0 Å². The standard InChI is InChI=1S/C25H24ClFO/c1-4-25(3,20-11-13-21(26)14-12-20)18(2)16-19-10-15-23(27)24(17-19)28-22-8-6-5-7-9-22/h4-15,17-18H,1,16H2,2-3H3. The molecule has 0 spiro atoms. The Hall–Kier alpha value is -2.58. The summed E-state index contributed by atoms with van der Waals surface area (Å²) < 4.78 is 20.0. The van der Waals surface area contributed by atoms with Crippen LogP contribution in [-0.2, 0) is 11.8 Å². The Morgan fingerprint density at radius 1 is 1.07 bits per heavy atom. The molecule has 0 aliphatic rings. The number of allylic oxidation sites excluding steroid dienone is 1. The Bertz CT molecular complexity index is 937. The predicted octanol–water partition coefficient (Wildman–Crippen LogP) is 7.59. The van der Waals surface area contributed by atoms with Gasteiger partial charge in [-0.05, 0) is 59.9 Å². The Balaban J connectivity index is 1.83. The van der Waals surface area contributed by atoms with Gasteiger partial charge in [0.1, 0.15) is 5.75 Å². The van der Waals surface area contributed by atoms with Gasteiger partial charge in [-0.15, -0.1) is 6.58 Å². The summed E-state index contributed by atoms with van der Waals surface area (Å²) in [6.07, 6.45) is 2.74. The molecule has 3 rings (SSSR count). The lowest BCUT2D eigenvalue weighted by atomic mass is 9.70. The van der Waals surface area contributed by atoms with Crippen molar-refractivity contribution in [2.24, 2.45) is 5.92 Å². The van der Waals surface area contributed by atoms with Crippen molar-refractivity contribution in [3.05, 3.63) is 107 Å². The molecule has 3 aromatic carbocycles. The minimum absolute atomic E-state index is 0.237. The molecule has 0 aliphatic heterocycles. The van der Waals surface area contributed by atoms with E-state index >= 15 is 0 Å². The summed E-state index contributed by atoms with van der Waals surface area (Å²) in [5.41, 5.74) is 1.93. The first kappa shape index (κ1) is 20.2. The lowest BCUT2D eigenvalue weighted by Gasteiger charge is -2.33. The minimum atomic E-state index is -0.371. The van der Waals surface area contributed by atoms with Gasteiger partial charge in [-0.3, -0.25) is 0 Å². The first-order valence-electron chi connectivity index (χ1n) is 9.33. The predicted molar refractivity (Wildman–Crippen MR) is 115 cm³/mol. The zero-order valence-corrected chi connectivity index (χ0v) is 16.9. The second-order valence-corrected chi connectivity index (χ2v) is 7.72. The third kappa shape index (κ3) is 4.45. The van der Waals surface area contributed by atoms with Crippen molar-refractivity contribution in [2.45, 2.75) is 25.7 Å². The van der Waals surface area contributed by atoms with Gasteiger partial charge < -0.3 is 4.74 Å². The normalized spacial score (nSPS) is 14.1. The highest BCUT2D eigenvalue weighted by Crippen LogP contribution is 2.36. The third-order valence-electron chi connectivity index (χ3n) is 5.42. The van der Waals surface area contributed by atoms with E-state index in [0.29, 0.717) is 10.8 Å². The number of rotatable bonds is 7. The van der Waals surface area contributed by atoms with Crippen LogP contribution in [0.5, 0.6) is 11.5 Å². The molecule has 1 nitrogen and oxygen atoms in total. The molecule has 0 N–H and O–H groups in total. The van der Waals surface area contributed by atoms with Crippen LogP contribution in [0.4, 0.5) is 4.39 Å². The molecule has 0 bridgehead atoms. The van der Waals surface area contributed by atoms with Crippen molar-refractivity contribution in [2.75, 3.05) is 0 Å². The molecule has 144 valence electrons. The van der Waals surface area contributed by atoms with E-state index in [1.165, 1.54) is 6.07 Å². The molecule has 0 saturated heterocycles. The zero-order chi connectivity index (χ0) is 20.1. The average Bonchev–Trinajstić information content (AvgIpc) is 2.71. The maximum absolute atomic E-state index is 14.2. The molecule has 3 heteroatoms. The van der Waals surface area contributed by atoms with E-state index in [1.54, 1.807) is 6.07 Å². The summed E-state index contributed by atoms with van der Waals surface area (Å²) in [7, 11) is 0. The van der Waals surface area contributed by atoms with Crippen molar-refractivity contribution < 1.29 is 9.13 Å². The van der Waals surface area contributed by atoms with Crippen molar-refractivity contribution in [1.29, 1.82) is 0 Å². The minimum Gasteiger partial charge on any atom is -0.454 e. The van der Waals surface area contributed by atoms with E-state index in [0.717, 1.165) is 17.5 Å². The van der Waals surface area contributed by atoms with E-state index in [1.807, 2.05) is 66.7 Å². The summed E-state index contributed by atoms with van der Waals surface area (Å²) in [6, 6.07) is 22.2. The summed E-state index contributed by atoms with van der Waals surface area (Å²) in [4.78, 5) is 0. The molecule has 0 radical (unpaired) electrons. The van der Waals surface area contributed by atoms with Crippen LogP contribution in [0.3, 0.4) is 0 Å². The van der Waals surface area contributed by atoms with E-state index in [-0.39, 0.29) is 22.9 Å². The summed E-state index contributed by atoms with van der Waals surface area (Å²) in [5.74, 6) is 0.719. The van der Waals surface area contributed by atoms with E-state index < -0.39 is 0 Å². The fraction of sp³-hybridized carbons (Fsp3) is 0.200. The van der Waals surface area contributed by atoms with Gasteiger partial charge in [-0.1, -0.05) is 67.9 Å². The molecule has 0 aliphatic carbocycles. The molecule has 0 saturated carbocycles. The number of halogens is 2. The number of hydrogen-bond donors (Lipinski definition) is 0. The Labute approximate surface area is 171 Å². The fourth-order valence-electron chi connectivity index (χ4n) is 3.35. The highest BCUT2D eigenvalue weighted by molar-refractivity contribution is 6.30. The second kappa shape index (κ2) is 8.62. The number of ether oxygens (including phenoxy) is 1. The van der Waals surface area contributed by atoms with Gasteiger partial charge >= 0.3 is 0 Å². The van der Waals surface area contributed by atoms with Gasteiger partial charge in [0.05, 0.1) is 0 Å². The van der Waals surface area contributed by atoms with Gasteiger partial charge in [0, 0.05) is 10.4 Å². The Kier molecular flexibility index (Phi) is 6.21. The van der Waals surface area contributed by atoms with Crippen LogP contribution < -0.4 is 4.74 Å². The lowest BCUT2D eigenvalue weighted by Crippen LogP contribution is -2.29. The quantitative estimate of drug-likeness (QED) is 0.375. The smallest absolute Gasteiger partial charge is 0.165 e. The average molecular weight is 395 g/mol. The van der Waals surface area contributed by atoms with Crippen LogP contribution in [0, 0.1) is 11.7 Å². The highest BCUT2D eigenvalue weighted by atomic mass is 35.5. The molecular weight excluding hydrogens is 371 g/mol. The van der Waals surface area contributed by atoms with Crippen molar-refractivity contribution in [3.8, 4) is 11.5 Å². The summed E-state index contributed by atoms with van der Waals surface area (Å²) >= 11 is 6.04. The monoisotopic (exact) mass is 394 g/mol. The maximum atomic E-state index is 14.2. The third-order valence-corrected chi connectivity index (χ3v) is 5.67. The molecular formula is C25H24ClFO. The largest absolute Gasteiger partial charge is 0.454 e. The zero-order valence-electron chi connectivity index (χ0n) is 16.2. The van der Waals surface area contributed by atoms with Gasteiger partial charge in [0.2, 0.25) is 0 Å². The highest BCUT2D eigenvalue weighted by Gasteiger charge is 2.30. The molecule has 0 aromatic heterocycles. The summed E-state index contributed by atoms with van der Waals surface area (Å²) in [6.45, 7) is 8.41. The number of benzene rings is 3. The van der Waals surface area contributed by atoms with Crippen molar-refractivity contribution in [1.82, 2.24) is 0 Å². The number of hydrogen-bond acceptors (Lipinski definition) is 1. The van der Waals surface area contributed by atoms with Crippen LogP contribution in [0.15, 0.2) is 85.5 Å². The van der Waals surface area contributed by atoms with Crippen LogP contribution in [0.2, 0.25) is 5.02 Å². The van der Waals surface area contributed by atoms with Gasteiger partial charge in [0.25, 0.3) is 0 Å². The topological polar surface area (TPSA) is 9.23 Å². The van der Waals surface area contributed by atoms with Crippen LogP contribution in [0.25, 0.3) is 0 Å². The Morgan fingerprint density at radius 3 is 2.39 bits per heavy atom. The van der Waals surface area contributed by atoms with Crippen molar-refractivity contribution in [3.63, 3.8) is 0 Å². The van der Waals surface area contributed by atoms with Crippen LogP contribution in [-0.4, -0.2) is 0 Å². The molecule has 2 unspecified atom stereocenters. The molecule has 2 atom stereocenters. The van der Waals surface area contributed by atoms with E-state index in [2.05, 4.69) is 20.4 Å². The van der Waals surface area contributed by atoms with E-state index in [4.69, 9.17) is 16.3 Å². The van der Waals surface area contributed by atoms with Gasteiger partial charge in [0.15, 0.2) is 11.6 Å². The lowest BCUT2D eigenvalue weighted by molar-refractivity contribution is 0.384. The molecule has 28 heavy (non-hydrogen) atoms. The van der Waals surface area contributed by atoms with Crippen molar-refractivity contribution >= 4 is 11.6 Å². The Morgan fingerprint density at radius 2 is 1.75 bits per heavy atom. The maximum Gasteiger partial charge on any atom is 0.165 e. The molecule has 3 aromatic rings. The first-order chi connectivity index (χ1) is 13.4. The first-order valence-corrected chi connectivity index (χ1v) is 9.71. The summed E-state index contributed by atoms with van der Waals surface area (Å²) in [5, 5.41) is 0.712. The van der Waals surface area contributed by atoms with Crippen LogP contribution in [0.1, 0.15) is 25.0 Å². The molecule has 0 fully saturated rings. The van der Waals surface area contributed by atoms with Crippen LogP contribution >= 0.6 is 11.6 Å². The van der Waals surface area contributed by atoms with Gasteiger partial charge in [-0.25, -0.2) is 4.39 Å².